The molecule has 0 atom stereocenters. The second kappa shape index (κ2) is 11.7. The average molecular weight is 537 g/mol. The fourth-order valence-electron chi connectivity index (χ4n) is 2.87. The molecule has 23 heavy (non-hydrogen) atoms. The van der Waals surface area contributed by atoms with Gasteiger partial charge in [-0.05, 0) is 0 Å². The number of hydrogen-bond acceptors (Lipinski definition) is 2. The van der Waals surface area contributed by atoms with Crippen LogP contribution in [0.25, 0.3) is 0 Å². The van der Waals surface area contributed by atoms with E-state index in [0.29, 0.717) is 0 Å². The van der Waals surface area contributed by atoms with Crippen LogP contribution in [0.4, 0.5) is 0 Å². The summed E-state index contributed by atoms with van der Waals surface area (Å²) in [6.45, 7) is 6.70. The van der Waals surface area contributed by atoms with Crippen molar-refractivity contribution in [1.29, 1.82) is 0 Å². The van der Waals surface area contributed by atoms with Crippen LogP contribution in [0.2, 0.25) is 13.3 Å². The molecule has 4 heteroatoms. The maximum absolute atomic E-state index is 12.7. The van der Waals surface area contributed by atoms with Gasteiger partial charge in [-0.25, -0.2) is 0 Å². The topological polar surface area (TPSA) is 26.3 Å². The van der Waals surface area contributed by atoms with Crippen molar-refractivity contribution in [3.8, 4) is 0 Å². The summed E-state index contributed by atoms with van der Waals surface area (Å²) in [7, 11) is 0. The third kappa shape index (κ3) is 7.76. The number of carbonyl (C=O) groups is 1. The minimum absolute atomic E-state index is 0.0690. The maximum atomic E-state index is 12.7. The number of rotatable bonds is 11. The first-order valence-electron chi connectivity index (χ1n) is 9.05. The predicted octanol–water partition coefficient (Wildman–Crippen LogP) is 6.79. The van der Waals surface area contributed by atoms with E-state index in [4.69, 9.17) is 3.07 Å². The van der Waals surface area contributed by atoms with Crippen LogP contribution in [-0.2, 0) is 3.07 Å². The number of hydrogen-bond donors (Lipinski definition) is 0. The Hall–Kier alpha value is 0.219. The molecule has 0 aliphatic heterocycles. The number of halogens is 1. The van der Waals surface area contributed by atoms with Crippen LogP contribution in [0.1, 0.15) is 69.7 Å². The zero-order chi connectivity index (χ0) is 17.1. The summed E-state index contributed by atoms with van der Waals surface area (Å²) < 4.78 is 11.1. The van der Waals surface area contributed by atoms with Gasteiger partial charge in [0, 0.05) is 0 Å². The van der Waals surface area contributed by atoms with Crippen LogP contribution in [0.15, 0.2) is 24.3 Å². The van der Waals surface area contributed by atoms with E-state index in [0.717, 1.165) is 9.13 Å². The summed E-state index contributed by atoms with van der Waals surface area (Å²) in [5.74, 6) is -0.0690. The fourth-order valence-corrected chi connectivity index (χ4v) is 16.2. The molecule has 0 unspecified atom stereocenters. The Morgan fingerprint density at radius 1 is 0.913 bits per heavy atom. The van der Waals surface area contributed by atoms with Crippen molar-refractivity contribution in [1.82, 2.24) is 0 Å². The molecule has 0 saturated carbocycles. The van der Waals surface area contributed by atoms with Gasteiger partial charge in [-0.1, -0.05) is 0 Å². The van der Waals surface area contributed by atoms with E-state index in [1.807, 2.05) is 24.3 Å². The average Bonchev–Trinajstić information content (AvgIpc) is 2.56. The molecule has 0 N–H and O–H groups in total. The minimum atomic E-state index is -2.84. The second-order valence-electron chi connectivity index (χ2n) is 6.39. The van der Waals surface area contributed by atoms with Crippen molar-refractivity contribution in [3.05, 3.63) is 33.4 Å². The van der Waals surface area contributed by atoms with Crippen LogP contribution in [0.3, 0.4) is 0 Å². The van der Waals surface area contributed by atoms with Gasteiger partial charge in [0.25, 0.3) is 0 Å². The van der Waals surface area contributed by atoms with Crippen LogP contribution in [-0.4, -0.2) is 24.8 Å². The van der Waals surface area contributed by atoms with Gasteiger partial charge in [-0.3, -0.25) is 0 Å². The van der Waals surface area contributed by atoms with Crippen molar-refractivity contribution in [2.75, 3.05) is 0 Å². The summed E-state index contributed by atoms with van der Waals surface area (Å²) in [6.07, 6.45) is 7.21. The van der Waals surface area contributed by atoms with Gasteiger partial charge < -0.3 is 0 Å². The Labute approximate surface area is 160 Å². The molecular weight excluding hydrogens is 506 g/mol. The Balaban J connectivity index is 2.90. The van der Waals surface area contributed by atoms with Gasteiger partial charge in [0.2, 0.25) is 0 Å². The number of unbranched alkanes of at least 4 members (excludes halogenated alkanes) is 3. The van der Waals surface area contributed by atoms with Crippen LogP contribution < -0.4 is 0 Å². The van der Waals surface area contributed by atoms with E-state index in [1.54, 1.807) is 0 Å². The zero-order valence-corrected chi connectivity index (χ0v) is 19.9. The molecule has 0 amide bonds. The van der Waals surface area contributed by atoms with Crippen molar-refractivity contribution in [2.45, 2.75) is 72.6 Å². The van der Waals surface area contributed by atoms with E-state index in [9.17, 15) is 4.79 Å². The molecule has 0 bridgehead atoms. The monoisotopic (exact) mass is 538 g/mol. The van der Waals surface area contributed by atoms with Crippen molar-refractivity contribution >= 4 is 47.4 Å². The SMILES string of the molecule is CCC[CH2][Sn]([CH2]CCC)([CH2]CCC)[O]C(=O)c1ccc(I)cc1. The molecule has 2 nitrogen and oxygen atoms in total. The Morgan fingerprint density at radius 2 is 1.35 bits per heavy atom. The molecule has 0 radical (unpaired) electrons. The van der Waals surface area contributed by atoms with E-state index in [2.05, 4.69) is 43.4 Å². The Morgan fingerprint density at radius 3 is 1.74 bits per heavy atom. The van der Waals surface area contributed by atoms with Gasteiger partial charge in [0.15, 0.2) is 0 Å². The summed E-state index contributed by atoms with van der Waals surface area (Å²) in [6, 6.07) is 7.78. The molecular formula is C19H31IO2Sn. The van der Waals surface area contributed by atoms with Crippen molar-refractivity contribution < 1.29 is 7.87 Å². The van der Waals surface area contributed by atoms with Gasteiger partial charge in [0.05, 0.1) is 0 Å². The summed E-state index contributed by atoms with van der Waals surface area (Å²) in [4.78, 5) is 12.7. The molecule has 1 rings (SSSR count). The van der Waals surface area contributed by atoms with Crippen molar-refractivity contribution in [3.63, 3.8) is 0 Å². The molecule has 0 spiro atoms. The molecule has 0 fully saturated rings. The molecule has 1 aromatic rings. The van der Waals surface area contributed by atoms with Crippen LogP contribution in [0.5, 0.6) is 0 Å². The van der Waals surface area contributed by atoms with Gasteiger partial charge in [0.1, 0.15) is 0 Å². The summed E-state index contributed by atoms with van der Waals surface area (Å²) in [5, 5.41) is 0. The molecule has 1 aromatic carbocycles. The first kappa shape index (κ1) is 21.3. The number of carbonyl (C=O) groups excluding carboxylic acids is 1. The Bertz CT molecular complexity index is 437. The summed E-state index contributed by atoms with van der Waals surface area (Å²) >= 11 is -0.572. The molecule has 0 saturated heterocycles. The van der Waals surface area contributed by atoms with Crippen LogP contribution >= 0.6 is 22.6 Å². The normalized spacial score (nSPS) is 11.5. The predicted molar refractivity (Wildman–Crippen MR) is 109 cm³/mol. The van der Waals surface area contributed by atoms with E-state index < -0.39 is 18.8 Å². The van der Waals surface area contributed by atoms with Gasteiger partial charge >= 0.3 is 161 Å². The standard InChI is InChI=1S/C7H5IO2.3C4H9.Sn/c8-6-3-1-5(2-4-6)7(9)10;3*1-3-4-2;/h1-4H,(H,9,10);3*1,3-4H2,2H3;/q;;;;+1/p-1. The quantitative estimate of drug-likeness (QED) is 0.230. The van der Waals surface area contributed by atoms with Crippen LogP contribution in [0, 0.1) is 3.57 Å². The van der Waals surface area contributed by atoms with E-state index in [-0.39, 0.29) is 5.97 Å². The first-order valence-corrected chi connectivity index (χ1v) is 17.4. The van der Waals surface area contributed by atoms with E-state index in [1.165, 1.54) is 51.8 Å². The molecule has 0 heterocycles. The van der Waals surface area contributed by atoms with Gasteiger partial charge in [-0.2, -0.15) is 0 Å². The Kier molecular flexibility index (Phi) is 10.8. The fraction of sp³-hybridized carbons (Fsp3) is 0.632. The molecule has 0 aliphatic rings. The van der Waals surface area contributed by atoms with E-state index >= 15 is 0 Å². The third-order valence-electron chi connectivity index (χ3n) is 4.35. The van der Waals surface area contributed by atoms with Gasteiger partial charge in [-0.15, -0.1) is 0 Å². The molecule has 0 aromatic heterocycles. The number of benzene rings is 1. The zero-order valence-electron chi connectivity index (χ0n) is 14.9. The second-order valence-corrected chi connectivity index (χ2v) is 19.3. The third-order valence-corrected chi connectivity index (χ3v) is 17.7. The first-order chi connectivity index (χ1) is 11.1. The molecule has 0 aliphatic carbocycles. The van der Waals surface area contributed by atoms with Crippen molar-refractivity contribution in [2.24, 2.45) is 0 Å². The molecule has 130 valence electrons. The summed E-state index contributed by atoms with van der Waals surface area (Å²) in [5.41, 5.74) is 0.719.